The summed E-state index contributed by atoms with van der Waals surface area (Å²) < 4.78 is 18.0. The Balaban J connectivity index is 2.54. The Morgan fingerprint density at radius 2 is 2.00 bits per heavy atom. The van der Waals surface area contributed by atoms with Crippen molar-refractivity contribution in [2.24, 2.45) is 5.92 Å². The van der Waals surface area contributed by atoms with Gasteiger partial charge in [0.2, 0.25) is 0 Å². The molecule has 4 nitrogen and oxygen atoms in total. The molecule has 104 valence electrons. The van der Waals surface area contributed by atoms with E-state index in [4.69, 9.17) is 4.74 Å². The number of hydrogen-bond acceptors (Lipinski definition) is 3. The molecule has 0 spiro atoms. The van der Waals surface area contributed by atoms with Crippen LogP contribution < -0.4 is 5.32 Å². The standard InChI is InChI=1S/C14H18FNO3/c1-9(2)8-19-14(18)10(3)16-13(17)11-5-4-6-12(15)7-11/h4-7,9-10H,8H2,1-3H3,(H,16,17)/t10-/m0/s1. The molecule has 0 aliphatic heterocycles. The lowest BCUT2D eigenvalue weighted by Gasteiger charge is -2.14. The Morgan fingerprint density at radius 1 is 1.32 bits per heavy atom. The predicted octanol–water partition coefficient (Wildman–Crippen LogP) is 2.14. The number of hydrogen-bond donors (Lipinski definition) is 1. The van der Waals surface area contributed by atoms with Gasteiger partial charge in [0, 0.05) is 5.56 Å². The molecule has 0 radical (unpaired) electrons. The van der Waals surface area contributed by atoms with E-state index >= 15 is 0 Å². The molecule has 5 heteroatoms. The molecule has 0 fully saturated rings. The van der Waals surface area contributed by atoms with E-state index in [0.717, 1.165) is 6.07 Å². The van der Waals surface area contributed by atoms with E-state index in [9.17, 15) is 14.0 Å². The fourth-order valence-corrected chi connectivity index (χ4v) is 1.34. The Labute approximate surface area is 112 Å². The fourth-order valence-electron chi connectivity index (χ4n) is 1.34. The van der Waals surface area contributed by atoms with Crippen molar-refractivity contribution in [1.82, 2.24) is 5.32 Å². The Morgan fingerprint density at radius 3 is 2.58 bits per heavy atom. The van der Waals surface area contributed by atoms with E-state index in [2.05, 4.69) is 5.32 Å². The van der Waals surface area contributed by atoms with Crippen LogP contribution in [0.4, 0.5) is 4.39 Å². The number of carbonyl (C=O) groups is 2. The van der Waals surface area contributed by atoms with E-state index in [1.54, 1.807) is 0 Å². The summed E-state index contributed by atoms with van der Waals surface area (Å²) in [4.78, 5) is 23.3. The Kier molecular flexibility index (Phi) is 5.48. The highest BCUT2D eigenvalue weighted by Crippen LogP contribution is 2.04. The smallest absolute Gasteiger partial charge is 0.328 e. The van der Waals surface area contributed by atoms with E-state index in [-0.39, 0.29) is 11.5 Å². The van der Waals surface area contributed by atoms with Crippen LogP contribution in [0.15, 0.2) is 24.3 Å². The lowest BCUT2D eigenvalue weighted by atomic mass is 10.2. The molecule has 1 rings (SSSR count). The van der Waals surface area contributed by atoms with Gasteiger partial charge in [-0.25, -0.2) is 9.18 Å². The zero-order chi connectivity index (χ0) is 14.4. The molecule has 0 aliphatic carbocycles. The number of rotatable bonds is 5. The third-order valence-electron chi connectivity index (χ3n) is 2.35. The van der Waals surface area contributed by atoms with Gasteiger partial charge in [0.1, 0.15) is 11.9 Å². The first-order valence-electron chi connectivity index (χ1n) is 6.13. The first kappa shape index (κ1) is 15.1. The number of halogens is 1. The zero-order valence-electron chi connectivity index (χ0n) is 11.3. The molecule has 0 bridgehead atoms. The lowest BCUT2D eigenvalue weighted by Crippen LogP contribution is -2.39. The van der Waals surface area contributed by atoms with Gasteiger partial charge < -0.3 is 10.1 Å². The maximum atomic E-state index is 13.0. The van der Waals surface area contributed by atoms with Crippen LogP contribution in [0.1, 0.15) is 31.1 Å². The van der Waals surface area contributed by atoms with Gasteiger partial charge in [0.05, 0.1) is 6.61 Å². The van der Waals surface area contributed by atoms with E-state index < -0.39 is 23.7 Å². The van der Waals surface area contributed by atoms with Crippen LogP contribution in [-0.4, -0.2) is 24.5 Å². The number of esters is 1. The van der Waals surface area contributed by atoms with Crippen molar-refractivity contribution >= 4 is 11.9 Å². The van der Waals surface area contributed by atoms with Crippen molar-refractivity contribution in [2.75, 3.05) is 6.61 Å². The minimum atomic E-state index is -0.769. The van der Waals surface area contributed by atoms with Crippen LogP contribution >= 0.6 is 0 Å². The molecule has 1 aromatic rings. The summed E-state index contributed by atoms with van der Waals surface area (Å²) in [6, 6.07) is 4.50. The van der Waals surface area contributed by atoms with Gasteiger partial charge in [-0.05, 0) is 31.0 Å². The molecular weight excluding hydrogens is 249 g/mol. The normalized spacial score (nSPS) is 12.1. The first-order valence-corrected chi connectivity index (χ1v) is 6.13. The fraction of sp³-hybridized carbons (Fsp3) is 0.429. The molecule has 19 heavy (non-hydrogen) atoms. The van der Waals surface area contributed by atoms with Crippen molar-refractivity contribution in [3.05, 3.63) is 35.6 Å². The maximum absolute atomic E-state index is 13.0. The summed E-state index contributed by atoms with van der Waals surface area (Å²) >= 11 is 0. The summed E-state index contributed by atoms with van der Waals surface area (Å²) in [6.07, 6.45) is 0. The van der Waals surface area contributed by atoms with E-state index in [1.165, 1.54) is 25.1 Å². The van der Waals surface area contributed by atoms with Gasteiger partial charge in [-0.3, -0.25) is 4.79 Å². The van der Waals surface area contributed by atoms with Crippen LogP contribution in [0.5, 0.6) is 0 Å². The van der Waals surface area contributed by atoms with Crippen LogP contribution in [0.2, 0.25) is 0 Å². The van der Waals surface area contributed by atoms with Crippen LogP contribution in [-0.2, 0) is 9.53 Å². The van der Waals surface area contributed by atoms with Gasteiger partial charge in [-0.1, -0.05) is 19.9 Å². The topological polar surface area (TPSA) is 55.4 Å². The maximum Gasteiger partial charge on any atom is 0.328 e. The first-order chi connectivity index (χ1) is 8.90. The summed E-state index contributed by atoms with van der Waals surface area (Å²) in [5, 5.41) is 2.47. The summed E-state index contributed by atoms with van der Waals surface area (Å²) in [5.74, 6) is -1.27. The van der Waals surface area contributed by atoms with Crippen molar-refractivity contribution in [3.8, 4) is 0 Å². The zero-order valence-corrected chi connectivity index (χ0v) is 11.3. The number of carbonyl (C=O) groups excluding carboxylic acids is 2. The Bertz CT molecular complexity index is 460. The van der Waals surface area contributed by atoms with Crippen LogP contribution in [0, 0.1) is 11.7 Å². The quantitative estimate of drug-likeness (QED) is 0.832. The van der Waals surface area contributed by atoms with Crippen molar-refractivity contribution < 1.29 is 18.7 Å². The van der Waals surface area contributed by atoms with Gasteiger partial charge in [-0.2, -0.15) is 0 Å². The minimum absolute atomic E-state index is 0.170. The molecule has 1 atom stereocenters. The van der Waals surface area contributed by atoms with Crippen molar-refractivity contribution in [2.45, 2.75) is 26.8 Å². The molecule has 0 saturated heterocycles. The molecule has 1 aromatic carbocycles. The highest BCUT2D eigenvalue weighted by Gasteiger charge is 2.18. The third kappa shape index (κ3) is 5.07. The number of nitrogens with one attached hydrogen (secondary N) is 1. The van der Waals surface area contributed by atoms with E-state index in [0.29, 0.717) is 6.61 Å². The lowest BCUT2D eigenvalue weighted by molar-refractivity contribution is -0.146. The van der Waals surface area contributed by atoms with E-state index in [1.807, 2.05) is 13.8 Å². The highest BCUT2D eigenvalue weighted by atomic mass is 19.1. The molecule has 1 N–H and O–H groups in total. The minimum Gasteiger partial charge on any atom is -0.464 e. The molecule has 0 unspecified atom stereocenters. The average molecular weight is 267 g/mol. The molecule has 0 aromatic heterocycles. The van der Waals surface area contributed by atoms with Gasteiger partial charge >= 0.3 is 5.97 Å². The third-order valence-corrected chi connectivity index (χ3v) is 2.35. The summed E-state index contributed by atoms with van der Waals surface area (Å²) in [7, 11) is 0. The second-order valence-corrected chi connectivity index (χ2v) is 4.73. The predicted molar refractivity (Wildman–Crippen MR) is 69.1 cm³/mol. The Hall–Kier alpha value is -1.91. The molecule has 0 heterocycles. The number of benzene rings is 1. The SMILES string of the molecule is CC(C)COC(=O)[C@H](C)NC(=O)c1cccc(F)c1. The molecular formula is C14H18FNO3. The highest BCUT2D eigenvalue weighted by molar-refractivity contribution is 5.96. The van der Waals surface area contributed by atoms with Crippen molar-refractivity contribution in [3.63, 3.8) is 0 Å². The largest absolute Gasteiger partial charge is 0.464 e. The average Bonchev–Trinajstić information content (AvgIpc) is 2.35. The van der Waals surface area contributed by atoms with Crippen LogP contribution in [0.3, 0.4) is 0 Å². The van der Waals surface area contributed by atoms with Gasteiger partial charge in [0.15, 0.2) is 0 Å². The molecule has 0 saturated carbocycles. The number of ether oxygens (including phenoxy) is 1. The second-order valence-electron chi connectivity index (χ2n) is 4.73. The van der Waals surface area contributed by atoms with Crippen LogP contribution in [0.25, 0.3) is 0 Å². The van der Waals surface area contributed by atoms with Crippen molar-refractivity contribution in [1.29, 1.82) is 0 Å². The molecule has 1 amide bonds. The summed E-state index contributed by atoms with van der Waals surface area (Å²) in [5.41, 5.74) is 0.170. The number of amides is 1. The van der Waals surface area contributed by atoms with Gasteiger partial charge in [0.25, 0.3) is 5.91 Å². The summed E-state index contributed by atoms with van der Waals surface area (Å²) in [6.45, 7) is 5.67. The van der Waals surface area contributed by atoms with Gasteiger partial charge in [-0.15, -0.1) is 0 Å². The molecule has 0 aliphatic rings. The monoisotopic (exact) mass is 267 g/mol. The second kappa shape index (κ2) is 6.87.